The Morgan fingerprint density at radius 1 is 1.29 bits per heavy atom. The molecule has 132 valence electrons. The lowest BCUT2D eigenvalue weighted by Crippen LogP contribution is -2.37. The Labute approximate surface area is 144 Å². The first-order chi connectivity index (χ1) is 11.1. The number of rotatable bonds is 5. The minimum absolute atomic E-state index is 0.104. The quantitative estimate of drug-likeness (QED) is 0.781. The van der Waals surface area contributed by atoms with Crippen molar-refractivity contribution in [3.8, 4) is 11.5 Å². The molecular formula is C20H28O4. The molecule has 1 heterocycles. The van der Waals surface area contributed by atoms with Gasteiger partial charge in [-0.3, -0.25) is 4.79 Å². The standard InChI is InChI=1S/C20H28O4/c1-12(2)6-7-15-16-8-10-20(5,11-9-17(21)22)24-19(16)14(4)13(3)18(15)23/h6,23H,7-11H2,1-5H3,(H,21,22). The number of carboxylic acids is 1. The van der Waals surface area contributed by atoms with Crippen LogP contribution in [0.5, 0.6) is 11.5 Å². The second-order valence-electron chi connectivity index (χ2n) is 7.32. The maximum absolute atomic E-state index is 10.9. The van der Waals surface area contributed by atoms with E-state index in [2.05, 4.69) is 6.08 Å². The number of benzene rings is 1. The summed E-state index contributed by atoms with van der Waals surface area (Å²) in [7, 11) is 0. The van der Waals surface area contributed by atoms with E-state index < -0.39 is 11.6 Å². The summed E-state index contributed by atoms with van der Waals surface area (Å²) in [5.74, 6) is 0.400. The first-order valence-electron chi connectivity index (χ1n) is 8.52. The molecule has 2 rings (SSSR count). The largest absolute Gasteiger partial charge is 0.507 e. The number of phenolic OH excluding ortho intramolecular Hbond substituents is 1. The molecule has 1 aromatic carbocycles. The summed E-state index contributed by atoms with van der Waals surface area (Å²) in [4.78, 5) is 10.9. The van der Waals surface area contributed by atoms with E-state index in [1.54, 1.807) is 0 Å². The van der Waals surface area contributed by atoms with Crippen LogP contribution in [-0.2, 0) is 17.6 Å². The fourth-order valence-electron chi connectivity index (χ4n) is 3.24. The monoisotopic (exact) mass is 332 g/mol. The third-order valence-electron chi connectivity index (χ3n) is 5.02. The van der Waals surface area contributed by atoms with Crippen LogP contribution in [0.1, 0.15) is 62.3 Å². The molecule has 1 unspecified atom stereocenters. The smallest absolute Gasteiger partial charge is 0.303 e. The Kier molecular flexibility index (Phi) is 5.26. The van der Waals surface area contributed by atoms with Crippen LogP contribution in [0.4, 0.5) is 0 Å². The van der Waals surface area contributed by atoms with Crippen molar-refractivity contribution < 1.29 is 19.7 Å². The molecule has 0 amide bonds. The molecular weight excluding hydrogens is 304 g/mol. The van der Waals surface area contributed by atoms with Crippen molar-refractivity contribution in [3.63, 3.8) is 0 Å². The van der Waals surface area contributed by atoms with Gasteiger partial charge in [-0.1, -0.05) is 11.6 Å². The van der Waals surface area contributed by atoms with Crippen LogP contribution in [0.25, 0.3) is 0 Å². The maximum atomic E-state index is 10.9. The highest BCUT2D eigenvalue weighted by Crippen LogP contribution is 2.45. The summed E-state index contributed by atoms with van der Waals surface area (Å²) in [6.07, 6.45) is 4.95. The van der Waals surface area contributed by atoms with Gasteiger partial charge in [-0.15, -0.1) is 0 Å². The lowest BCUT2D eigenvalue weighted by molar-refractivity contribution is -0.138. The maximum Gasteiger partial charge on any atom is 0.303 e. The van der Waals surface area contributed by atoms with Gasteiger partial charge in [0.2, 0.25) is 0 Å². The number of phenols is 1. The van der Waals surface area contributed by atoms with E-state index in [4.69, 9.17) is 9.84 Å². The van der Waals surface area contributed by atoms with Gasteiger partial charge in [0.1, 0.15) is 17.1 Å². The Morgan fingerprint density at radius 3 is 2.54 bits per heavy atom. The van der Waals surface area contributed by atoms with Crippen molar-refractivity contribution in [3.05, 3.63) is 33.9 Å². The second kappa shape index (κ2) is 6.88. The second-order valence-corrected chi connectivity index (χ2v) is 7.32. The number of allylic oxidation sites excluding steroid dienone is 2. The molecule has 4 nitrogen and oxygen atoms in total. The highest BCUT2D eigenvalue weighted by molar-refractivity contribution is 5.67. The summed E-state index contributed by atoms with van der Waals surface area (Å²) < 4.78 is 6.29. The number of ether oxygens (including phenoxy) is 1. The van der Waals surface area contributed by atoms with E-state index in [-0.39, 0.29) is 6.42 Å². The highest BCUT2D eigenvalue weighted by atomic mass is 16.5. The lowest BCUT2D eigenvalue weighted by atomic mass is 9.84. The first kappa shape index (κ1) is 18.4. The normalized spacial score (nSPS) is 19.4. The third-order valence-corrected chi connectivity index (χ3v) is 5.02. The predicted octanol–water partition coefficient (Wildman–Crippen LogP) is 4.47. The van der Waals surface area contributed by atoms with E-state index in [0.29, 0.717) is 18.6 Å². The van der Waals surface area contributed by atoms with E-state index in [1.165, 1.54) is 5.57 Å². The molecule has 4 heteroatoms. The Bertz CT molecular complexity index is 684. The Hall–Kier alpha value is -1.97. The molecule has 0 spiro atoms. The average molecular weight is 332 g/mol. The molecule has 0 fully saturated rings. The van der Waals surface area contributed by atoms with Crippen LogP contribution in [0, 0.1) is 13.8 Å². The SMILES string of the molecule is CC(C)=CCc1c(O)c(C)c(C)c2c1CCC(C)(CCC(=O)O)O2. The Morgan fingerprint density at radius 2 is 1.96 bits per heavy atom. The van der Waals surface area contributed by atoms with Crippen molar-refractivity contribution in [2.45, 2.75) is 72.3 Å². The zero-order valence-corrected chi connectivity index (χ0v) is 15.3. The van der Waals surface area contributed by atoms with Crippen LogP contribution in [-0.4, -0.2) is 21.8 Å². The van der Waals surface area contributed by atoms with E-state index in [1.807, 2.05) is 34.6 Å². The number of aliphatic carboxylic acids is 1. The fraction of sp³-hybridized carbons (Fsp3) is 0.550. The number of hydrogen-bond donors (Lipinski definition) is 2. The molecule has 0 saturated carbocycles. The van der Waals surface area contributed by atoms with Crippen molar-refractivity contribution in [2.24, 2.45) is 0 Å². The van der Waals surface area contributed by atoms with Crippen molar-refractivity contribution in [1.29, 1.82) is 0 Å². The van der Waals surface area contributed by atoms with E-state index in [0.717, 1.165) is 40.8 Å². The predicted molar refractivity (Wildman–Crippen MR) is 94.9 cm³/mol. The molecule has 1 aliphatic heterocycles. The summed E-state index contributed by atoms with van der Waals surface area (Å²) in [5.41, 5.74) is 4.55. The molecule has 0 aliphatic carbocycles. The minimum Gasteiger partial charge on any atom is -0.507 e. The highest BCUT2D eigenvalue weighted by Gasteiger charge is 2.35. The van der Waals surface area contributed by atoms with Gasteiger partial charge >= 0.3 is 5.97 Å². The molecule has 0 radical (unpaired) electrons. The molecule has 0 saturated heterocycles. The summed E-state index contributed by atoms with van der Waals surface area (Å²) in [6.45, 7) is 9.94. The topological polar surface area (TPSA) is 66.8 Å². The molecule has 0 bridgehead atoms. The van der Waals surface area contributed by atoms with E-state index in [9.17, 15) is 9.90 Å². The van der Waals surface area contributed by atoms with Gasteiger partial charge < -0.3 is 14.9 Å². The van der Waals surface area contributed by atoms with Gasteiger partial charge in [-0.05, 0) is 71.4 Å². The van der Waals surface area contributed by atoms with Gasteiger partial charge in [-0.25, -0.2) is 0 Å². The van der Waals surface area contributed by atoms with Crippen molar-refractivity contribution in [1.82, 2.24) is 0 Å². The first-order valence-corrected chi connectivity index (χ1v) is 8.52. The summed E-state index contributed by atoms with van der Waals surface area (Å²) in [5, 5.41) is 19.6. The fourth-order valence-corrected chi connectivity index (χ4v) is 3.24. The minimum atomic E-state index is -0.798. The number of carbonyl (C=O) groups is 1. The third kappa shape index (κ3) is 3.74. The molecule has 24 heavy (non-hydrogen) atoms. The van der Waals surface area contributed by atoms with Crippen LogP contribution in [0.3, 0.4) is 0 Å². The zero-order chi connectivity index (χ0) is 18.1. The van der Waals surface area contributed by atoms with Gasteiger partial charge in [-0.2, -0.15) is 0 Å². The van der Waals surface area contributed by atoms with Gasteiger partial charge in [0, 0.05) is 17.5 Å². The van der Waals surface area contributed by atoms with Gasteiger partial charge in [0.15, 0.2) is 0 Å². The molecule has 1 aliphatic rings. The van der Waals surface area contributed by atoms with Crippen LogP contribution >= 0.6 is 0 Å². The van der Waals surface area contributed by atoms with E-state index >= 15 is 0 Å². The summed E-state index contributed by atoms with van der Waals surface area (Å²) >= 11 is 0. The number of carboxylic acid groups (broad SMARTS) is 1. The molecule has 0 aromatic heterocycles. The number of fused-ring (bicyclic) bond motifs is 1. The molecule has 1 aromatic rings. The van der Waals surface area contributed by atoms with Crippen LogP contribution in [0.15, 0.2) is 11.6 Å². The number of hydrogen-bond acceptors (Lipinski definition) is 3. The van der Waals surface area contributed by atoms with Crippen molar-refractivity contribution >= 4 is 5.97 Å². The average Bonchev–Trinajstić information content (AvgIpc) is 2.51. The lowest BCUT2D eigenvalue weighted by Gasteiger charge is -2.38. The Balaban J connectivity index is 2.43. The van der Waals surface area contributed by atoms with Crippen LogP contribution < -0.4 is 4.74 Å². The molecule has 2 N–H and O–H groups in total. The zero-order valence-electron chi connectivity index (χ0n) is 15.3. The van der Waals surface area contributed by atoms with Crippen LogP contribution in [0.2, 0.25) is 0 Å². The summed E-state index contributed by atoms with van der Waals surface area (Å²) in [6, 6.07) is 0. The van der Waals surface area contributed by atoms with Gasteiger partial charge in [0.05, 0.1) is 0 Å². The molecule has 1 atom stereocenters. The van der Waals surface area contributed by atoms with Crippen molar-refractivity contribution in [2.75, 3.05) is 0 Å². The number of aromatic hydroxyl groups is 1. The van der Waals surface area contributed by atoms with Gasteiger partial charge in [0.25, 0.3) is 0 Å².